The van der Waals surface area contributed by atoms with Crippen molar-refractivity contribution in [2.75, 3.05) is 5.73 Å². The summed E-state index contributed by atoms with van der Waals surface area (Å²) in [7, 11) is 0. The molecule has 0 bridgehead atoms. The lowest BCUT2D eigenvalue weighted by molar-refractivity contribution is 0.585. The number of thiazole rings is 1. The van der Waals surface area contributed by atoms with E-state index in [-0.39, 0.29) is 0 Å². The number of fused-ring (bicyclic) bond motifs is 3. The van der Waals surface area contributed by atoms with Crippen molar-refractivity contribution in [1.82, 2.24) is 29.3 Å². The Kier molecular flexibility index (Phi) is 3.84. The Morgan fingerprint density at radius 3 is 3.00 bits per heavy atom. The Hall–Kier alpha value is -3.64. The van der Waals surface area contributed by atoms with Crippen LogP contribution < -0.4 is 5.73 Å². The zero-order valence-electron chi connectivity index (χ0n) is 14.8. The van der Waals surface area contributed by atoms with Crippen LogP contribution in [0.1, 0.15) is 12.8 Å². The number of hydrogen-bond donors (Lipinski definition) is 2. The smallest absolute Gasteiger partial charge is 0.180 e. The number of nitrogens with zero attached hydrogens (tertiary/aromatic N) is 6. The SMILES string of the molecule is N#CCCCn1cc(-n2c(-c3cnc(N)s3)cc3cnc4[nH]ccc4c32)cn1. The maximum atomic E-state index is 8.76. The molecule has 0 saturated carbocycles. The van der Waals surface area contributed by atoms with Gasteiger partial charge in [-0.25, -0.2) is 9.97 Å². The Morgan fingerprint density at radius 2 is 2.18 bits per heavy atom. The second-order valence-electron chi connectivity index (χ2n) is 6.45. The van der Waals surface area contributed by atoms with E-state index >= 15 is 0 Å². The zero-order valence-corrected chi connectivity index (χ0v) is 15.6. The van der Waals surface area contributed by atoms with E-state index < -0.39 is 0 Å². The van der Waals surface area contributed by atoms with Crippen LogP contribution in [0.25, 0.3) is 38.2 Å². The molecule has 0 aliphatic rings. The van der Waals surface area contributed by atoms with Crippen LogP contribution in [0.4, 0.5) is 5.13 Å². The maximum Gasteiger partial charge on any atom is 0.180 e. The van der Waals surface area contributed by atoms with Crippen molar-refractivity contribution in [3.8, 4) is 22.3 Å². The van der Waals surface area contributed by atoms with Gasteiger partial charge in [-0.2, -0.15) is 10.4 Å². The summed E-state index contributed by atoms with van der Waals surface area (Å²) in [5, 5.41) is 15.8. The lowest BCUT2D eigenvalue weighted by Gasteiger charge is -2.07. The highest BCUT2D eigenvalue weighted by Crippen LogP contribution is 2.37. The lowest BCUT2D eigenvalue weighted by Crippen LogP contribution is -1.98. The minimum atomic E-state index is 0.517. The molecule has 5 heterocycles. The summed E-state index contributed by atoms with van der Waals surface area (Å²) in [6.07, 6.45) is 10.7. The topological polar surface area (TPSA) is 114 Å². The van der Waals surface area contributed by atoms with Crippen LogP contribution in [0.15, 0.2) is 43.1 Å². The van der Waals surface area contributed by atoms with Crippen LogP contribution in [0.3, 0.4) is 0 Å². The first-order valence-corrected chi connectivity index (χ1v) is 9.65. The zero-order chi connectivity index (χ0) is 19.1. The monoisotopic (exact) mass is 388 g/mol. The Balaban J connectivity index is 1.73. The van der Waals surface area contributed by atoms with Crippen molar-refractivity contribution in [2.24, 2.45) is 0 Å². The second-order valence-corrected chi connectivity index (χ2v) is 7.52. The first-order chi connectivity index (χ1) is 13.7. The molecule has 0 atom stereocenters. The number of aryl methyl sites for hydroxylation is 1. The number of unbranched alkanes of at least 4 members (excludes halogenated alkanes) is 1. The van der Waals surface area contributed by atoms with Crippen molar-refractivity contribution in [1.29, 1.82) is 5.26 Å². The molecular weight excluding hydrogens is 372 g/mol. The number of rotatable bonds is 5. The highest BCUT2D eigenvalue weighted by atomic mass is 32.1. The Labute approximate surface area is 163 Å². The molecule has 0 aliphatic heterocycles. The van der Waals surface area contributed by atoms with Crippen molar-refractivity contribution in [3.63, 3.8) is 0 Å². The van der Waals surface area contributed by atoms with Crippen LogP contribution in [-0.4, -0.2) is 29.3 Å². The lowest BCUT2D eigenvalue weighted by atomic mass is 10.2. The number of H-pyrrole nitrogens is 1. The minimum absolute atomic E-state index is 0.517. The van der Waals surface area contributed by atoms with Crippen molar-refractivity contribution in [3.05, 3.63) is 43.1 Å². The first kappa shape index (κ1) is 16.5. The van der Waals surface area contributed by atoms with Crippen LogP contribution in [-0.2, 0) is 6.54 Å². The fourth-order valence-electron chi connectivity index (χ4n) is 3.46. The van der Waals surface area contributed by atoms with Crippen molar-refractivity contribution < 1.29 is 0 Å². The number of nitrogens with two attached hydrogens (primary N) is 1. The Morgan fingerprint density at radius 1 is 1.25 bits per heavy atom. The van der Waals surface area contributed by atoms with E-state index in [1.165, 1.54) is 11.3 Å². The molecule has 0 amide bonds. The molecule has 8 nitrogen and oxygen atoms in total. The fraction of sp³-hybridized carbons (Fsp3) is 0.158. The summed E-state index contributed by atoms with van der Waals surface area (Å²) < 4.78 is 4.05. The predicted molar refractivity (Wildman–Crippen MR) is 109 cm³/mol. The van der Waals surface area contributed by atoms with Crippen molar-refractivity contribution >= 4 is 38.4 Å². The molecule has 28 heavy (non-hydrogen) atoms. The first-order valence-electron chi connectivity index (χ1n) is 8.83. The van der Waals surface area contributed by atoms with Gasteiger partial charge in [-0.3, -0.25) is 4.68 Å². The average molecular weight is 388 g/mol. The standard InChI is InChI=1S/C19H16N8S/c20-4-1-2-6-26-11-13(9-25-26)27-15(16-10-24-19(21)28-16)7-12-8-23-18-14(17(12)27)3-5-22-18/h3,5,7-11H,1-2,6H2,(H2,21,24)(H,22,23). The molecule has 0 aliphatic carbocycles. The van der Waals surface area contributed by atoms with Gasteiger partial charge in [-0.05, 0) is 18.6 Å². The van der Waals surface area contributed by atoms with Gasteiger partial charge in [0.1, 0.15) is 5.65 Å². The minimum Gasteiger partial charge on any atom is -0.375 e. The van der Waals surface area contributed by atoms with E-state index in [0.717, 1.165) is 44.6 Å². The molecular formula is C19H16N8S. The summed E-state index contributed by atoms with van der Waals surface area (Å²) in [5.41, 5.74) is 9.72. The van der Waals surface area contributed by atoms with E-state index in [1.807, 2.05) is 35.5 Å². The molecule has 0 radical (unpaired) electrons. The van der Waals surface area contributed by atoms with Gasteiger partial charge in [0.15, 0.2) is 5.13 Å². The van der Waals surface area contributed by atoms with E-state index in [2.05, 4.69) is 36.8 Å². The van der Waals surface area contributed by atoms with Crippen LogP contribution in [0.5, 0.6) is 0 Å². The fourth-order valence-corrected chi connectivity index (χ4v) is 4.15. The van der Waals surface area contributed by atoms with Crippen molar-refractivity contribution in [2.45, 2.75) is 19.4 Å². The third-order valence-electron chi connectivity index (χ3n) is 4.67. The molecule has 9 heteroatoms. The maximum absolute atomic E-state index is 8.76. The quantitative estimate of drug-likeness (QED) is 0.445. The van der Waals surface area contributed by atoms with Gasteiger partial charge >= 0.3 is 0 Å². The number of hydrogen-bond acceptors (Lipinski definition) is 6. The predicted octanol–water partition coefficient (Wildman–Crippen LogP) is 3.71. The number of nitriles is 1. The summed E-state index contributed by atoms with van der Waals surface area (Å²) in [6.45, 7) is 0.705. The van der Waals surface area contributed by atoms with Gasteiger partial charge < -0.3 is 15.3 Å². The van der Waals surface area contributed by atoms with E-state index in [0.29, 0.717) is 18.1 Å². The molecule has 0 spiro atoms. The van der Waals surface area contributed by atoms with Gasteiger partial charge in [0.05, 0.1) is 34.0 Å². The molecule has 0 fully saturated rings. The van der Waals surface area contributed by atoms with Gasteiger partial charge in [0, 0.05) is 48.5 Å². The highest BCUT2D eigenvalue weighted by molar-refractivity contribution is 7.18. The second kappa shape index (κ2) is 6.51. The summed E-state index contributed by atoms with van der Waals surface area (Å²) in [5.74, 6) is 0. The number of aromatic amines is 1. The summed E-state index contributed by atoms with van der Waals surface area (Å²) in [6, 6.07) is 6.31. The number of nitrogens with one attached hydrogen (secondary N) is 1. The van der Waals surface area contributed by atoms with Gasteiger partial charge in [0.25, 0.3) is 0 Å². The third kappa shape index (κ3) is 2.62. The van der Waals surface area contributed by atoms with E-state index in [4.69, 9.17) is 11.0 Å². The molecule has 138 valence electrons. The molecule has 0 unspecified atom stereocenters. The van der Waals surface area contributed by atoms with Crippen LogP contribution in [0.2, 0.25) is 0 Å². The normalized spacial score (nSPS) is 11.4. The molecule has 5 aromatic rings. The van der Waals surface area contributed by atoms with Gasteiger partial charge in [-0.15, -0.1) is 0 Å². The highest BCUT2D eigenvalue weighted by Gasteiger charge is 2.18. The largest absolute Gasteiger partial charge is 0.375 e. The number of aromatic nitrogens is 6. The van der Waals surface area contributed by atoms with Crippen LogP contribution in [0, 0.1) is 11.3 Å². The van der Waals surface area contributed by atoms with Gasteiger partial charge in [0.2, 0.25) is 0 Å². The summed E-state index contributed by atoms with van der Waals surface area (Å²) in [4.78, 5) is 12.9. The number of pyridine rings is 1. The summed E-state index contributed by atoms with van der Waals surface area (Å²) >= 11 is 1.45. The number of nitrogen functional groups attached to an aromatic ring is 1. The average Bonchev–Trinajstić information content (AvgIpc) is 3.46. The van der Waals surface area contributed by atoms with Crippen LogP contribution >= 0.6 is 11.3 Å². The van der Waals surface area contributed by atoms with E-state index in [1.54, 1.807) is 6.20 Å². The Bertz CT molecular complexity index is 1330. The van der Waals surface area contributed by atoms with Gasteiger partial charge in [-0.1, -0.05) is 11.3 Å². The molecule has 5 aromatic heterocycles. The molecule has 0 saturated heterocycles. The van der Waals surface area contributed by atoms with E-state index in [9.17, 15) is 0 Å². The molecule has 3 N–H and O–H groups in total. The molecule has 0 aromatic carbocycles. The number of anilines is 1. The third-order valence-corrected chi connectivity index (χ3v) is 5.52. The molecule has 5 rings (SSSR count).